The van der Waals surface area contributed by atoms with Gasteiger partial charge in [0.1, 0.15) is 19.3 Å². The number of hydrogen-bond donors (Lipinski definition) is 1. The lowest BCUT2D eigenvalue weighted by Crippen LogP contribution is -2.38. The van der Waals surface area contributed by atoms with Crippen LogP contribution in [0.1, 0.15) is 43.1 Å². The lowest BCUT2D eigenvalue weighted by Gasteiger charge is -2.32. The van der Waals surface area contributed by atoms with E-state index in [0.717, 1.165) is 48.3 Å². The average molecular weight is 344 g/mol. The van der Waals surface area contributed by atoms with E-state index in [1.54, 1.807) is 0 Å². The molecule has 2 aliphatic heterocycles. The van der Waals surface area contributed by atoms with Crippen LogP contribution in [0.15, 0.2) is 18.2 Å². The maximum absolute atomic E-state index is 5.91. The monoisotopic (exact) mass is 344 g/mol. The van der Waals surface area contributed by atoms with Crippen LogP contribution < -0.4 is 9.47 Å². The van der Waals surface area contributed by atoms with Gasteiger partial charge >= 0.3 is 0 Å². The molecule has 4 rings (SSSR count). The molecule has 134 valence electrons. The first-order chi connectivity index (χ1) is 12.2. The number of nitrogens with zero attached hydrogens (tertiary/aromatic N) is 3. The first kappa shape index (κ1) is 16.4. The molecule has 7 nitrogen and oxygen atoms in total. The van der Waals surface area contributed by atoms with Gasteiger partial charge in [0.2, 0.25) is 0 Å². The van der Waals surface area contributed by atoms with E-state index in [0.29, 0.717) is 25.7 Å². The Labute approximate surface area is 147 Å². The molecule has 1 fully saturated rings. The molecule has 1 aromatic carbocycles. The van der Waals surface area contributed by atoms with Gasteiger partial charge < -0.3 is 14.2 Å². The second-order valence-corrected chi connectivity index (χ2v) is 6.77. The SMILES string of the molecule is CC(C)c1n[nH]c([C@@H]2CN(Cc3cccc4c3OCCO4)CCO2)n1. The van der Waals surface area contributed by atoms with Crippen molar-refractivity contribution in [2.75, 3.05) is 32.9 Å². The third-order valence-electron chi connectivity index (χ3n) is 4.53. The van der Waals surface area contributed by atoms with Gasteiger partial charge in [-0.3, -0.25) is 10.00 Å². The Bertz CT molecular complexity index is 731. The summed E-state index contributed by atoms with van der Waals surface area (Å²) in [4.78, 5) is 6.94. The van der Waals surface area contributed by atoms with E-state index in [1.807, 2.05) is 12.1 Å². The number of hydrogen-bond acceptors (Lipinski definition) is 6. The van der Waals surface area contributed by atoms with E-state index in [4.69, 9.17) is 14.2 Å². The molecular weight excluding hydrogens is 320 g/mol. The van der Waals surface area contributed by atoms with Crippen LogP contribution in [0.5, 0.6) is 11.5 Å². The van der Waals surface area contributed by atoms with Gasteiger partial charge in [-0.15, -0.1) is 0 Å². The van der Waals surface area contributed by atoms with Gasteiger partial charge in [-0.2, -0.15) is 5.10 Å². The molecule has 0 unspecified atom stereocenters. The molecule has 0 radical (unpaired) electrons. The summed E-state index contributed by atoms with van der Waals surface area (Å²) in [5, 5.41) is 7.32. The number of aromatic amines is 1. The molecule has 1 aromatic heterocycles. The van der Waals surface area contributed by atoms with Crippen LogP contribution in [0.25, 0.3) is 0 Å². The molecule has 2 aliphatic rings. The van der Waals surface area contributed by atoms with E-state index in [9.17, 15) is 0 Å². The maximum atomic E-state index is 5.91. The van der Waals surface area contributed by atoms with Gasteiger partial charge in [0.15, 0.2) is 23.1 Å². The normalized spacial score (nSPS) is 20.8. The Balaban J connectivity index is 1.46. The summed E-state index contributed by atoms with van der Waals surface area (Å²) in [5.41, 5.74) is 1.15. The molecule has 0 aliphatic carbocycles. The summed E-state index contributed by atoms with van der Waals surface area (Å²) in [6.07, 6.45) is -0.0783. The number of rotatable bonds is 4. The molecule has 1 N–H and O–H groups in total. The summed E-state index contributed by atoms with van der Waals surface area (Å²) >= 11 is 0. The van der Waals surface area contributed by atoms with Gasteiger partial charge in [0.25, 0.3) is 0 Å². The number of fused-ring (bicyclic) bond motifs is 1. The summed E-state index contributed by atoms with van der Waals surface area (Å²) in [6.45, 7) is 8.52. The number of morpholine rings is 1. The fourth-order valence-corrected chi connectivity index (χ4v) is 3.20. The van der Waals surface area contributed by atoms with Crippen molar-refractivity contribution in [2.24, 2.45) is 0 Å². The highest BCUT2D eigenvalue weighted by molar-refractivity contribution is 5.47. The number of para-hydroxylation sites is 1. The molecule has 3 heterocycles. The average Bonchev–Trinajstić information content (AvgIpc) is 3.13. The smallest absolute Gasteiger partial charge is 0.165 e. The number of aromatic nitrogens is 3. The first-order valence-corrected chi connectivity index (χ1v) is 8.84. The molecule has 7 heteroatoms. The summed E-state index contributed by atoms with van der Waals surface area (Å²) in [7, 11) is 0. The highest BCUT2D eigenvalue weighted by Gasteiger charge is 2.26. The minimum Gasteiger partial charge on any atom is -0.486 e. The van der Waals surface area contributed by atoms with Crippen LogP contribution in [0.3, 0.4) is 0 Å². The van der Waals surface area contributed by atoms with Crippen LogP contribution in [0, 0.1) is 0 Å². The third-order valence-corrected chi connectivity index (χ3v) is 4.53. The zero-order valence-corrected chi connectivity index (χ0v) is 14.7. The molecule has 1 atom stereocenters. The van der Waals surface area contributed by atoms with Crippen LogP contribution in [0.4, 0.5) is 0 Å². The van der Waals surface area contributed by atoms with Crippen LogP contribution in [-0.4, -0.2) is 53.0 Å². The fraction of sp³-hybridized carbons (Fsp3) is 0.556. The van der Waals surface area contributed by atoms with E-state index in [2.05, 4.69) is 40.0 Å². The lowest BCUT2D eigenvalue weighted by atomic mass is 10.1. The molecule has 0 saturated carbocycles. The van der Waals surface area contributed by atoms with E-state index < -0.39 is 0 Å². The minimum absolute atomic E-state index is 0.0783. The topological polar surface area (TPSA) is 72.5 Å². The quantitative estimate of drug-likeness (QED) is 0.917. The number of nitrogens with one attached hydrogen (secondary N) is 1. The second kappa shape index (κ2) is 7.01. The molecule has 0 bridgehead atoms. The Morgan fingerprint density at radius 1 is 1.24 bits per heavy atom. The van der Waals surface area contributed by atoms with E-state index in [1.165, 1.54) is 0 Å². The Morgan fingerprint density at radius 3 is 2.96 bits per heavy atom. The van der Waals surface area contributed by atoms with Crippen LogP contribution in [0.2, 0.25) is 0 Å². The van der Waals surface area contributed by atoms with Crippen molar-refractivity contribution in [1.82, 2.24) is 20.1 Å². The molecule has 1 saturated heterocycles. The first-order valence-electron chi connectivity index (χ1n) is 8.84. The van der Waals surface area contributed by atoms with Gasteiger partial charge in [-0.25, -0.2) is 4.98 Å². The van der Waals surface area contributed by atoms with Gasteiger partial charge in [-0.05, 0) is 6.07 Å². The molecule has 0 amide bonds. The molecule has 2 aromatic rings. The van der Waals surface area contributed by atoms with Gasteiger partial charge in [-0.1, -0.05) is 26.0 Å². The molecule has 25 heavy (non-hydrogen) atoms. The maximum Gasteiger partial charge on any atom is 0.165 e. The number of ether oxygens (including phenoxy) is 3. The largest absolute Gasteiger partial charge is 0.486 e. The van der Waals surface area contributed by atoms with E-state index in [-0.39, 0.29) is 6.10 Å². The predicted molar refractivity (Wildman–Crippen MR) is 91.9 cm³/mol. The Kier molecular flexibility index (Phi) is 4.59. The van der Waals surface area contributed by atoms with Crippen LogP contribution >= 0.6 is 0 Å². The van der Waals surface area contributed by atoms with Crippen molar-refractivity contribution in [1.29, 1.82) is 0 Å². The van der Waals surface area contributed by atoms with Crippen LogP contribution in [-0.2, 0) is 11.3 Å². The Morgan fingerprint density at radius 2 is 2.12 bits per heavy atom. The number of benzene rings is 1. The highest BCUT2D eigenvalue weighted by atomic mass is 16.6. The number of H-pyrrole nitrogens is 1. The van der Waals surface area contributed by atoms with Gasteiger partial charge in [0.05, 0.1) is 6.61 Å². The molecule has 0 spiro atoms. The van der Waals surface area contributed by atoms with Crippen molar-refractivity contribution in [2.45, 2.75) is 32.4 Å². The fourth-order valence-electron chi connectivity index (χ4n) is 3.20. The summed E-state index contributed by atoms with van der Waals surface area (Å²) < 4.78 is 17.4. The Hall–Kier alpha value is -2.12. The summed E-state index contributed by atoms with van der Waals surface area (Å²) in [5.74, 6) is 3.66. The highest BCUT2D eigenvalue weighted by Crippen LogP contribution is 2.35. The van der Waals surface area contributed by atoms with Crippen molar-refractivity contribution < 1.29 is 14.2 Å². The zero-order chi connectivity index (χ0) is 17.2. The summed E-state index contributed by atoms with van der Waals surface area (Å²) in [6, 6.07) is 6.08. The van der Waals surface area contributed by atoms with Crippen molar-refractivity contribution >= 4 is 0 Å². The second-order valence-electron chi connectivity index (χ2n) is 6.77. The van der Waals surface area contributed by atoms with E-state index >= 15 is 0 Å². The third kappa shape index (κ3) is 3.48. The molecular formula is C18H24N4O3. The predicted octanol–water partition coefficient (Wildman–Crippen LogP) is 2.27. The standard InChI is InChI=1S/C18H24N4O3/c1-12(2)17-19-18(21-20-17)15-11-22(6-7-23-15)10-13-4-3-5-14-16(13)25-9-8-24-14/h3-5,12,15H,6-11H2,1-2H3,(H,19,20,21)/t15-/m0/s1. The lowest BCUT2D eigenvalue weighted by molar-refractivity contribution is -0.0373. The minimum atomic E-state index is -0.0783. The zero-order valence-electron chi connectivity index (χ0n) is 14.7. The van der Waals surface area contributed by atoms with Crippen molar-refractivity contribution in [3.05, 3.63) is 35.4 Å². The van der Waals surface area contributed by atoms with Crippen molar-refractivity contribution in [3.8, 4) is 11.5 Å². The van der Waals surface area contributed by atoms with Crippen molar-refractivity contribution in [3.63, 3.8) is 0 Å². The van der Waals surface area contributed by atoms with Gasteiger partial charge in [0, 0.05) is 31.1 Å².